The van der Waals surface area contributed by atoms with Crippen molar-refractivity contribution in [3.63, 3.8) is 0 Å². The molecular weight excluding hydrogens is 424 g/mol. The second-order valence-electron chi connectivity index (χ2n) is 4.47. The Morgan fingerprint density at radius 1 is 1.32 bits per heavy atom. The van der Waals surface area contributed by atoms with Crippen LogP contribution in [0.2, 0.25) is 0 Å². The predicted molar refractivity (Wildman–Crippen MR) is 90.3 cm³/mol. The molecule has 1 saturated heterocycles. The molecule has 2 rings (SSSR count). The van der Waals surface area contributed by atoms with Gasteiger partial charge >= 0.3 is 0 Å². The molecule has 3 nitrogen and oxygen atoms in total. The first kappa shape index (κ1) is 16.7. The fourth-order valence-corrected chi connectivity index (χ4v) is 2.28. The zero-order valence-corrected chi connectivity index (χ0v) is 14.5. The van der Waals surface area contributed by atoms with E-state index in [4.69, 9.17) is 5.73 Å². The quantitative estimate of drug-likeness (QED) is 0.433. The lowest BCUT2D eigenvalue weighted by atomic mass is 10.1. The van der Waals surface area contributed by atoms with E-state index in [-0.39, 0.29) is 29.8 Å². The van der Waals surface area contributed by atoms with Gasteiger partial charge in [-0.05, 0) is 52.9 Å². The fraction of sp³-hybridized carbons (Fsp3) is 0.462. The first-order valence-corrected chi connectivity index (χ1v) is 6.95. The minimum Gasteiger partial charge on any atom is -0.370 e. The van der Waals surface area contributed by atoms with Crippen molar-refractivity contribution in [1.29, 1.82) is 0 Å². The van der Waals surface area contributed by atoms with Gasteiger partial charge < -0.3 is 10.6 Å². The SMILES string of the molecule is I.NC(=NCc1ccc(Br)c(F)c1)N1CCCCC1. The third kappa shape index (κ3) is 4.91. The van der Waals surface area contributed by atoms with E-state index >= 15 is 0 Å². The van der Waals surface area contributed by atoms with Gasteiger partial charge in [-0.15, -0.1) is 24.0 Å². The third-order valence-corrected chi connectivity index (χ3v) is 3.73. The van der Waals surface area contributed by atoms with Gasteiger partial charge in [0.2, 0.25) is 0 Å². The van der Waals surface area contributed by atoms with Gasteiger partial charge in [0.1, 0.15) is 5.82 Å². The predicted octanol–water partition coefficient (Wildman–Crippen LogP) is 3.51. The normalized spacial score (nSPS) is 16.1. The number of nitrogens with zero attached hydrogens (tertiary/aromatic N) is 2. The number of likely N-dealkylation sites (tertiary alicyclic amines) is 1. The molecule has 0 aromatic heterocycles. The van der Waals surface area contributed by atoms with Crippen LogP contribution in [0.25, 0.3) is 0 Å². The molecule has 1 heterocycles. The molecule has 1 aromatic rings. The third-order valence-electron chi connectivity index (χ3n) is 3.09. The smallest absolute Gasteiger partial charge is 0.191 e. The summed E-state index contributed by atoms with van der Waals surface area (Å²) < 4.78 is 13.8. The number of piperidine rings is 1. The van der Waals surface area contributed by atoms with Crippen LogP contribution in [0.4, 0.5) is 4.39 Å². The van der Waals surface area contributed by atoms with Crippen LogP contribution in [0.3, 0.4) is 0 Å². The van der Waals surface area contributed by atoms with Crippen molar-refractivity contribution in [3.8, 4) is 0 Å². The molecule has 106 valence electrons. The minimum atomic E-state index is -0.265. The van der Waals surface area contributed by atoms with E-state index in [1.165, 1.54) is 25.3 Å². The van der Waals surface area contributed by atoms with Crippen LogP contribution >= 0.6 is 39.9 Å². The van der Waals surface area contributed by atoms with Crippen LogP contribution in [0.1, 0.15) is 24.8 Å². The fourth-order valence-electron chi connectivity index (χ4n) is 2.03. The van der Waals surface area contributed by atoms with E-state index in [9.17, 15) is 4.39 Å². The number of benzene rings is 1. The summed E-state index contributed by atoms with van der Waals surface area (Å²) in [5.74, 6) is 0.303. The van der Waals surface area contributed by atoms with E-state index in [0.29, 0.717) is 17.0 Å². The van der Waals surface area contributed by atoms with E-state index in [0.717, 1.165) is 18.7 Å². The van der Waals surface area contributed by atoms with E-state index in [1.807, 2.05) is 6.07 Å². The van der Waals surface area contributed by atoms with Crippen LogP contribution in [0.15, 0.2) is 27.7 Å². The molecule has 0 amide bonds. The van der Waals surface area contributed by atoms with Crippen molar-refractivity contribution >= 4 is 45.9 Å². The number of aliphatic imine (C=N–C) groups is 1. The van der Waals surface area contributed by atoms with Crippen molar-refractivity contribution in [2.24, 2.45) is 10.7 Å². The number of hydrogen-bond acceptors (Lipinski definition) is 1. The lowest BCUT2D eigenvalue weighted by Crippen LogP contribution is -2.40. The Hall–Kier alpha value is -0.370. The number of guanidine groups is 1. The molecular formula is C13H18BrFIN3. The van der Waals surface area contributed by atoms with Crippen molar-refractivity contribution in [2.45, 2.75) is 25.8 Å². The average Bonchev–Trinajstić information content (AvgIpc) is 2.41. The second-order valence-corrected chi connectivity index (χ2v) is 5.32. The van der Waals surface area contributed by atoms with Crippen LogP contribution in [-0.2, 0) is 6.54 Å². The molecule has 1 fully saturated rings. The summed E-state index contributed by atoms with van der Waals surface area (Å²) in [6.45, 7) is 2.38. The summed E-state index contributed by atoms with van der Waals surface area (Å²) in [6, 6.07) is 5.02. The van der Waals surface area contributed by atoms with Crippen molar-refractivity contribution in [2.75, 3.05) is 13.1 Å². The topological polar surface area (TPSA) is 41.6 Å². The number of hydrogen-bond donors (Lipinski definition) is 1. The van der Waals surface area contributed by atoms with Gasteiger partial charge in [0.25, 0.3) is 0 Å². The van der Waals surface area contributed by atoms with Crippen molar-refractivity contribution in [3.05, 3.63) is 34.1 Å². The molecule has 0 spiro atoms. The maximum atomic E-state index is 13.3. The lowest BCUT2D eigenvalue weighted by Gasteiger charge is -2.27. The van der Waals surface area contributed by atoms with Gasteiger partial charge in [0.15, 0.2) is 5.96 Å². The highest BCUT2D eigenvalue weighted by molar-refractivity contribution is 14.0. The summed E-state index contributed by atoms with van der Waals surface area (Å²) in [5.41, 5.74) is 6.77. The molecule has 1 aliphatic heterocycles. The Labute approximate surface area is 138 Å². The van der Waals surface area contributed by atoms with Gasteiger partial charge in [-0.2, -0.15) is 0 Å². The summed E-state index contributed by atoms with van der Waals surface area (Å²) in [4.78, 5) is 6.42. The first-order valence-electron chi connectivity index (χ1n) is 6.15. The van der Waals surface area contributed by atoms with Gasteiger partial charge in [0.05, 0.1) is 11.0 Å². The number of nitrogens with two attached hydrogens (primary N) is 1. The summed E-state index contributed by atoms with van der Waals surface area (Å²) in [6.07, 6.45) is 3.61. The van der Waals surface area contributed by atoms with Crippen molar-refractivity contribution < 1.29 is 4.39 Å². The minimum absolute atomic E-state index is 0. The Bertz CT molecular complexity index is 448. The molecule has 1 aromatic carbocycles. The Balaban J connectivity index is 0.00000180. The molecule has 0 bridgehead atoms. The van der Waals surface area contributed by atoms with E-state index in [2.05, 4.69) is 25.8 Å². The molecule has 0 saturated carbocycles. The van der Waals surface area contributed by atoms with Gasteiger partial charge in [-0.25, -0.2) is 9.38 Å². The van der Waals surface area contributed by atoms with Gasteiger partial charge in [-0.3, -0.25) is 0 Å². The Morgan fingerprint density at radius 3 is 2.63 bits per heavy atom. The Kier molecular flexibility index (Phi) is 7.06. The maximum Gasteiger partial charge on any atom is 0.191 e. The molecule has 0 atom stereocenters. The molecule has 2 N–H and O–H groups in total. The lowest BCUT2D eigenvalue weighted by molar-refractivity contribution is 0.338. The van der Waals surface area contributed by atoms with E-state index < -0.39 is 0 Å². The Morgan fingerprint density at radius 2 is 2.00 bits per heavy atom. The van der Waals surface area contributed by atoms with Crippen LogP contribution in [0, 0.1) is 5.82 Å². The maximum absolute atomic E-state index is 13.3. The molecule has 6 heteroatoms. The monoisotopic (exact) mass is 441 g/mol. The number of halogens is 3. The molecule has 0 radical (unpaired) electrons. The molecule has 0 unspecified atom stereocenters. The largest absolute Gasteiger partial charge is 0.370 e. The zero-order valence-electron chi connectivity index (χ0n) is 10.6. The zero-order chi connectivity index (χ0) is 13.0. The average molecular weight is 442 g/mol. The summed E-state index contributed by atoms with van der Waals surface area (Å²) in [7, 11) is 0. The van der Waals surface area contributed by atoms with Gasteiger partial charge in [-0.1, -0.05) is 6.07 Å². The highest BCUT2D eigenvalue weighted by Crippen LogP contribution is 2.17. The van der Waals surface area contributed by atoms with Crippen LogP contribution in [-0.4, -0.2) is 23.9 Å². The summed E-state index contributed by atoms with van der Waals surface area (Å²) >= 11 is 3.13. The first-order chi connectivity index (χ1) is 8.66. The van der Waals surface area contributed by atoms with E-state index in [1.54, 1.807) is 6.07 Å². The second kappa shape index (κ2) is 8.04. The highest BCUT2D eigenvalue weighted by atomic mass is 127. The molecule has 0 aliphatic carbocycles. The molecule has 1 aliphatic rings. The summed E-state index contributed by atoms with van der Waals surface area (Å²) in [5, 5.41) is 0. The van der Waals surface area contributed by atoms with Crippen LogP contribution in [0.5, 0.6) is 0 Å². The highest BCUT2D eigenvalue weighted by Gasteiger charge is 2.11. The number of rotatable bonds is 2. The standard InChI is InChI=1S/C13H17BrFN3.HI/c14-11-5-4-10(8-12(11)15)9-17-13(16)18-6-2-1-3-7-18;/h4-5,8H,1-3,6-7,9H2,(H2,16,17);1H. The van der Waals surface area contributed by atoms with Gasteiger partial charge in [0, 0.05) is 13.1 Å². The molecule has 19 heavy (non-hydrogen) atoms. The van der Waals surface area contributed by atoms with Crippen LogP contribution < -0.4 is 5.73 Å². The van der Waals surface area contributed by atoms with Crippen molar-refractivity contribution in [1.82, 2.24) is 4.90 Å².